The van der Waals surface area contributed by atoms with Crippen LogP contribution in [-0.2, 0) is 21.2 Å². The van der Waals surface area contributed by atoms with Crippen molar-refractivity contribution < 1.29 is 13.2 Å². The van der Waals surface area contributed by atoms with Crippen LogP contribution in [0.25, 0.3) is 0 Å². The summed E-state index contributed by atoms with van der Waals surface area (Å²) < 4.78 is 22.7. The molecule has 5 nitrogen and oxygen atoms in total. The van der Waals surface area contributed by atoms with Crippen LogP contribution in [0.3, 0.4) is 0 Å². The van der Waals surface area contributed by atoms with Gasteiger partial charge in [0.25, 0.3) is 0 Å². The molecule has 1 amide bonds. The maximum atomic E-state index is 12.2. The number of amides is 1. The molecule has 1 aromatic carbocycles. The molecule has 0 fully saturated rings. The smallest absolute Gasteiger partial charge is 0.227 e. The number of hydrogen-bond acceptors (Lipinski definition) is 4. The molecule has 0 saturated heterocycles. The fraction of sp³-hybridized carbons (Fsp3) is 0.533. The van der Waals surface area contributed by atoms with Crippen LogP contribution >= 0.6 is 0 Å². The highest BCUT2D eigenvalue weighted by atomic mass is 32.2. The number of carbonyl (C=O) groups excluding carboxylic acids is 1. The summed E-state index contributed by atoms with van der Waals surface area (Å²) in [5.74, 6) is -0.137. The Hall–Kier alpha value is -1.40. The second-order valence-corrected chi connectivity index (χ2v) is 8.46. The summed E-state index contributed by atoms with van der Waals surface area (Å²) in [5.41, 5.74) is 5.51. The second kappa shape index (κ2) is 5.77. The van der Waals surface area contributed by atoms with Gasteiger partial charge < -0.3 is 11.1 Å². The number of benzene rings is 1. The van der Waals surface area contributed by atoms with Crippen LogP contribution < -0.4 is 11.1 Å². The van der Waals surface area contributed by atoms with E-state index in [2.05, 4.69) is 5.32 Å². The number of hydrogen-bond donors (Lipinski definition) is 2. The van der Waals surface area contributed by atoms with E-state index in [4.69, 9.17) is 5.73 Å². The second-order valence-electron chi connectivity index (χ2n) is 6.45. The first kappa shape index (κ1) is 17.7. The first-order chi connectivity index (χ1) is 9.35. The summed E-state index contributed by atoms with van der Waals surface area (Å²) in [7, 11) is -3.20. The van der Waals surface area contributed by atoms with E-state index >= 15 is 0 Å². The maximum Gasteiger partial charge on any atom is 0.227 e. The number of rotatable bonds is 5. The Morgan fingerprint density at radius 3 is 2.00 bits per heavy atom. The lowest BCUT2D eigenvalue weighted by atomic mass is 9.74. The zero-order chi connectivity index (χ0) is 16.5. The molecule has 3 N–H and O–H groups in total. The van der Waals surface area contributed by atoms with Crippen molar-refractivity contribution in [2.45, 2.75) is 44.7 Å². The van der Waals surface area contributed by atoms with Gasteiger partial charge in [-0.05, 0) is 45.4 Å². The number of sulfone groups is 1. The van der Waals surface area contributed by atoms with Gasteiger partial charge in [0.05, 0.1) is 10.3 Å². The predicted octanol–water partition coefficient (Wildman–Crippen LogP) is 1.47. The van der Waals surface area contributed by atoms with Crippen LogP contribution in [-0.4, -0.2) is 26.1 Å². The first-order valence-corrected chi connectivity index (χ1v) is 8.61. The molecular formula is C15H24N2O3S. The molecule has 0 atom stereocenters. The fourth-order valence-corrected chi connectivity index (χ4v) is 2.18. The van der Waals surface area contributed by atoms with Crippen molar-refractivity contribution in [3.63, 3.8) is 0 Å². The minimum atomic E-state index is -3.20. The average molecular weight is 312 g/mol. The quantitative estimate of drug-likeness (QED) is 0.861. The average Bonchev–Trinajstić information content (AvgIpc) is 2.33. The van der Waals surface area contributed by atoms with Crippen LogP contribution in [0.5, 0.6) is 0 Å². The van der Waals surface area contributed by atoms with Crippen molar-refractivity contribution in [2.75, 3.05) is 6.26 Å². The van der Waals surface area contributed by atoms with E-state index in [1.165, 1.54) is 12.1 Å². The fourth-order valence-electron chi connectivity index (χ4n) is 1.55. The van der Waals surface area contributed by atoms with E-state index < -0.39 is 20.8 Å². The summed E-state index contributed by atoms with van der Waals surface area (Å²) in [6.45, 7) is 7.56. The molecule has 0 heterocycles. The molecule has 6 heteroatoms. The molecule has 0 bridgehead atoms. The normalized spacial score (nSPS) is 13.0. The zero-order valence-electron chi connectivity index (χ0n) is 13.2. The van der Waals surface area contributed by atoms with Gasteiger partial charge in [-0.25, -0.2) is 8.42 Å². The topological polar surface area (TPSA) is 89.3 Å². The predicted molar refractivity (Wildman–Crippen MR) is 83.4 cm³/mol. The van der Waals surface area contributed by atoms with E-state index in [1.54, 1.807) is 26.0 Å². The lowest BCUT2D eigenvalue weighted by Crippen LogP contribution is -2.55. The van der Waals surface area contributed by atoms with E-state index in [9.17, 15) is 13.2 Å². The van der Waals surface area contributed by atoms with Crippen molar-refractivity contribution in [2.24, 2.45) is 11.1 Å². The van der Waals surface area contributed by atoms with E-state index in [0.29, 0.717) is 6.54 Å². The Kier molecular flexibility index (Phi) is 4.85. The Balaban J connectivity index is 2.75. The Labute approximate surface area is 126 Å². The summed E-state index contributed by atoms with van der Waals surface area (Å²) in [6.07, 6.45) is 1.16. The molecule has 21 heavy (non-hydrogen) atoms. The van der Waals surface area contributed by atoms with Crippen molar-refractivity contribution >= 4 is 15.7 Å². The summed E-state index contributed by atoms with van der Waals surface area (Å²) in [6, 6.07) is 6.46. The van der Waals surface area contributed by atoms with E-state index in [0.717, 1.165) is 11.8 Å². The van der Waals surface area contributed by atoms with Crippen LogP contribution in [0.4, 0.5) is 0 Å². The molecule has 1 rings (SSSR count). The van der Waals surface area contributed by atoms with Crippen molar-refractivity contribution in [1.82, 2.24) is 5.32 Å². The molecule has 1 aromatic rings. The monoisotopic (exact) mass is 312 g/mol. The summed E-state index contributed by atoms with van der Waals surface area (Å²) in [4.78, 5) is 12.5. The Bertz CT molecular complexity index is 611. The third-order valence-electron chi connectivity index (χ3n) is 3.98. The molecule has 0 spiro atoms. The molecule has 0 aliphatic heterocycles. The molecule has 118 valence electrons. The molecule has 0 aliphatic carbocycles. The Morgan fingerprint density at radius 1 is 1.14 bits per heavy atom. The molecular weight excluding hydrogens is 288 g/mol. The van der Waals surface area contributed by atoms with Crippen LogP contribution in [0.2, 0.25) is 0 Å². The zero-order valence-corrected chi connectivity index (χ0v) is 14.0. The number of nitrogens with one attached hydrogen (secondary N) is 1. The van der Waals surface area contributed by atoms with Gasteiger partial charge in [0.1, 0.15) is 0 Å². The van der Waals surface area contributed by atoms with Gasteiger partial charge in [0.2, 0.25) is 5.91 Å². The highest BCUT2D eigenvalue weighted by Gasteiger charge is 2.40. The first-order valence-electron chi connectivity index (χ1n) is 6.72. The maximum absolute atomic E-state index is 12.2. The molecule has 0 aromatic heterocycles. The molecule has 0 aliphatic rings. The highest BCUT2D eigenvalue weighted by molar-refractivity contribution is 7.90. The molecule has 0 saturated carbocycles. The standard InChI is InChI=1S/C15H24N2O3S/c1-14(2,15(3,4)16)13(18)17-10-11-6-8-12(9-7-11)21(5,19)20/h6-9H,10,16H2,1-5H3,(H,17,18). The van der Waals surface area contributed by atoms with Crippen LogP contribution in [0.1, 0.15) is 33.3 Å². The van der Waals surface area contributed by atoms with Gasteiger partial charge in [0, 0.05) is 18.3 Å². The minimum Gasteiger partial charge on any atom is -0.352 e. The van der Waals surface area contributed by atoms with E-state index in [-0.39, 0.29) is 10.8 Å². The van der Waals surface area contributed by atoms with Gasteiger partial charge in [-0.3, -0.25) is 4.79 Å². The third kappa shape index (κ3) is 4.28. The van der Waals surface area contributed by atoms with Gasteiger partial charge in [0.15, 0.2) is 9.84 Å². The van der Waals surface area contributed by atoms with Crippen LogP contribution in [0.15, 0.2) is 29.2 Å². The van der Waals surface area contributed by atoms with Crippen LogP contribution in [0, 0.1) is 5.41 Å². The summed E-state index contributed by atoms with van der Waals surface area (Å²) in [5, 5.41) is 2.84. The minimum absolute atomic E-state index is 0.137. The van der Waals surface area contributed by atoms with Crippen molar-refractivity contribution in [3.05, 3.63) is 29.8 Å². The van der Waals surface area contributed by atoms with Gasteiger partial charge in [-0.15, -0.1) is 0 Å². The van der Waals surface area contributed by atoms with Crippen molar-refractivity contribution in [3.8, 4) is 0 Å². The number of carbonyl (C=O) groups is 1. The van der Waals surface area contributed by atoms with E-state index in [1.807, 2.05) is 13.8 Å². The lowest BCUT2D eigenvalue weighted by Gasteiger charge is -2.36. The van der Waals surface area contributed by atoms with Gasteiger partial charge >= 0.3 is 0 Å². The lowest BCUT2D eigenvalue weighted by molar-refractivity contribution is -0.132. The Morgan fingerprint density at radius 2 is 1.62 bits per heavy atom. The number of nitrogens with two attached hydrogens (primary N) is 1. The van der Waals surface area contributed by atoms with Crippen molar-refractivity contribution in [1.29, 1.82) is 0 Å². The highest BCUT2D eigenvalue weighted by Crippen LogP contribution is 2.28. The van der Waals surface area contributed by atoms with Gasteiger partial charge in [-0.2, -0.15) is 0 Å². The SMILES string of the molecule is CC(C)(N)C(C)(C)C(=O)NCc1ccc(S(C)(=O)=O)cc1. The largest absolute Gasteiger partial charge is 0.352 e. The van der Waals surface area contributed by atoms with Gasteiger partial charge in [-0.1, -0.05) is 12.1 Å². The summed E-state index contributed by atoms with van der Waals surface area (Å²) >= 11 is 0. The molecule has 0 unspecified atom stereocenters. The molecule has 0 radical (unpaired) electrons. The third-order valence-corrected chi connectivity index (χ3v) is 5.11.